The predicted molar refractivity (Wildman–Crippen MR) is 82.8 cm³/mol. The zero-order chi connectivity index (χ0) is 14.7. The predicted octanol–water partition coefficient (Wildman–Crippen LogP) is 3.06. The van der Waals surface area contributed by atoms with Gasteiger partial charge in [-0.05, 0) is 41.5 Å². The van der Waals surface area contributed by atoms with Crippen LogP contribution in [0.5, 0.6) is 5.75 Å². The number of halogens is 1. The molecule has 1 unspecified atom stereocenters. The van der Waals surface area contributed by atoms with E-state index in [1.165, 1.54) is 17.7 Å². The molecule has 3 nitrogen and oxygen atoms in total. The van der Waals surface area contributed by atoms with Crippen molar-refractivity contribution in [1.82, 2.24) is 5.43 Å². The quantitative estimate of drug-likeness (QED) is 0.506. The highest BCUT2D eigenvalue weighted by molar-refractivity contribution is 7.99. The molecule has 0 bridgehead atoms. The van der Waals surface area contributed by atoms with Gasteiger partial charge in [0.15, 0.2) is 0 Å². The Balaban J connectivity index is 1.68. The van der Waals surface area contributed by atoms with Gasteiger partial charge in [0.2, 0.25) is 0 Å². The summed E-state index contributed by atoms with van der Waals surface area (Å²) < 4.78 is 18.4. The summed E-state index contributed by atoms with van der Waals surface area (Å²) in [5.41, 5.74) is 5.24. The second-order valence-corrected chi connectivity index (χ2v) is 6.04. The van der Waals surface area contributed by atoms with E-state index >= 15 is 0 Å². The van der Waals surface area contributed by atoms with Crippen molar-refractivity contribution in [3.63, 3.8) is 0 Å². The van der Waals surface area contributed by atoms with Crippen LogP contribution >= 0.6 is 11.8 Å². The summed E-state index contributed by atoms with van der Waals surface area (Å²) in [7, 11) is 0. The molecule has 0 spiro atoms. The monoisotopic (exact) mass is 304 g/mol. The van der Waals surface area contributed by atoms with Gasteiger partial charge >= 0.3 is 0 Å². The number of nitrogens with one attached hydrogen (secondary N) is 1. The van der Waals surface area contributed by atoms with Gasteiger partial charge in [0.1, 0.15) is 11.6 Å². The molecular weight excluding hydrogens is 287 g/mol. The third-order valence-electron chi connectivity index (χ3n) is 3.55. The Morgan fingerprint density at radius 2 is 2.05 bits per heavy atom. The minimum atomic E-state index is -0.216. The Labute approximate surface area is 127 Å². The number of nitrogens with two attached hydrogens (primary N) is 1. The largest absolute Gasteiger partial charge is 0.493 e. The highest BCUT2D eigenvalue weighted by atomic mass is 32.2. The van der Waals surface area contributed by atoms with Gasteiger partial charge in [-0.15, -0.1) is 11.8 Å². The number of ether oxygens (including phenoxy) is 1. The molecule has 1 aliphatic rings. The Morgan fingerprint density at radius 3 is 2.81 bits per heavy atom. The maximum Gasteiger partial charge on any atom is 0.123 e. The van der Waals surface area contributed by atoms with Gasteiger partial charge in [-0.2, -0.15) is 0 Å². The summed E-state index contributed by atoms with van der Waals surface area (Å²) in [4.78, 5) is 1.03. The van der Waals surface area contributed by atoms with E-state index in [4.69, 9.17) is 10.6 Å². The fourth-order valence-electron chi connectivity index (χ4n) is 2.37. The van der Waals surface area contributed by atoms with E-state index in [1.807, 2.05) is 12.1 Å². The van der Waals surface area contributed by atoms with Crippen molar-refractivity contribution in [3.05, 3.63) is 59.4 Å². The van der Waals surface area contributed by atoms with Crippen LogP contribution < -0.4 is 16.0 Å². The molecule has 0 aliphatic carbocycles. The molecule has 0 amide bonds. The molecule has 3 N–H and O–H groups in total. The molecule has 21 heavy (non-hydrogen) atoms. The third-order valence-corrected chi connectivity index (χ3v) is 4.65. The first-order valence-electron chi connectivity index (χ1n) is 6.86. The van der Waals surface area contributed by atoms with Crippen LogP contribution in [0.4, 0.5) is 4.39 Å². The first kappa shape index (κ1) is 14.4. The smallest absolute Gasteiger partial charge is 0.123 e. The molecule has 0 radical (unpaired) electrons. The second kappa shape index (κ2) is 6.47. The topological polar surface area (TPSA) is 47.3 Å². The lowest BCUT2D eigenvalue weighted by Crippen LogP contribution is -2.29. The van der Waals surface area contributed by atoms with E-state index in [9.17, 15) is 4.39 Å². The molecule has 2 aromatic carbocycles. The van der Waals surface area contributed by atoms with Crippen molar-refractivity contribution in [2.45, 2.75) is 17.4 Å². The number of hydrogen-bond acceptors (Lipinski definition) is 4. The highest BCUT2D eigenvalue weighted by Gasteiger charge is 2.16. The van der Waals surface area contributed by atoms with E-state index in [0.29, 0.717) is 0 Å². The summed E-state index contributed by atoms with van der Waals surface area (Å²) in [5, 5.41) is 0. The van der Waals surface area contributed by atoms with E-state index in [2.05, 4.69) is 11.5 Å². The molecule has 0 fully saturated rings. The fraction of sp³-hybridized carbons (Fsp3) is 0.250. The van der Waals surface area contributed by atoms with Crippen LogP contribution in [0.2, 0.25) is 0 Å². The Bertz CT molecular complexity index is 618. The second-order valence-electron chi connectivity index (χ2n) is 4.95. The molecule has 2 aromatic rings. The molecule has 0 saturated heterocycles. The van der Waals surface area contributed by atoms with Gasteiger partial charge < -0.3 is 4.74 Å². The Kier molecular flexibility index (Phi) is 4.43. The minimum absolute atomic E-state index is 0.0472. The van der Waals surface area contributed by atoms with Crippen LogP contribution in [0.25, 0.3) is 0 Å². The minimum Gasteiger partial charge on any atom is -0.493 e. The van der Waals surface area contributed by atoms with Crippen LogP contribution in [-0.4, -0.2) is 12.4 Å². The SMILES string of the molecule is NNC(CSc1ccc(F)cc1)c1ccc2c(c1)CCO2. The summed E-state index contributed by atoms with van der Waals surface area (Å²) in [6.07, 6.45) is 0.950. The average molecular weight is 304 g/mol. The van der Waals surface area contributed by atoms with E-state index < -0.39 is 0 Å². The van der Waals surface area contributed by atoms with Crippen LogP contribution in [-0.2, 0) is 6.42 Å². The molecule has 1 aliphatic heterocycles. The lowest BCUT2D eigenvalue weighted by molar-refractivity contribution is 0.356. The Morgan fingerprint density at radius 1 is 1.24 bits per heavy atom. The van der Waals surface area contributed by atoms with Gasteiger partial charge in [0, 0.05) is 17.1 Å². The number of hydrazine groups is 1. The van der Waals surface area contributed by atoms with Gasteiger partial charge in [-0.25, -0.2) is 4.39 Å². The number of thioether (sulfide) groups is 1. The molecule has 0 saturated carbocycles. The molecule has 5 heteroatoms. The third kappa shape index (κ3) is 3.37. The first-order valence-corrected chi connectivity index (χ1v) is 7.85. The number of fused-ring (bicyclic) bond motifs is 1. The van der Waals surface area contributed by atoms with Crippen molar-refractivity contribution in [2.24, 2.45) is 5.84 Å². The Hall–Kier alpha value is -1.56. The highest BCUT2D eigenvalue weighted by Crippen LogP contribution is 2.30. The van der Waals surface area contributed by atoms with E-state index in [0.717, 1.165) is 35.0 Å². The summed E-state index contributed by atoms with van der Waals surface area (Å²) in [5.74, 6) is 7.22. The molecule has 0 aromatic heterocycles. The standard InChI is InChI=1S/C16H17FN2OS/c17-13-2-4-14(5-3-13)21-10-15(19-18)11-1-6-16-12(9-11)7-8-20-16/h1-6,9,15,19H,7-8,10,18H2. The van der Waals surface area contributed by atoms with Crippen LogP contribution in [0.15, 0.2) is 47.4 Å². The molecular formula is C16H17FN2OS. The van der Waals surface area contributed by atoms with E-state index in [-0.39, 0.29) is 11.9 Å². The molecule has 110 valence electrons. The lowest BCUT2D eigenvalue weighted by atomic mass is 10.0. The zero-order valence-corrected chi connectivity index (χ0v) is 12.3. The van der Waals surface area contributed by atoms with Crippen molar-refractivity contribution in [2.75, 3.05) is 12.4 Å². The molecule has 3 rings (SSSR count). The molecule has 1 atom stereocenters. The van der Waals surface area contributed by atoms with Crippen molar-refractivity contribution in [1.29, 1.82) is 0 Å². The number of benzene rings is 2. The maximum atomic E-state index is 12.9. The van der Waals surface area contributed by atoms with E-state index in [1.54, 1.807) is 23.9 Å². The van der Waals surface area contributed by atoms with Gasteiger partial charge in [0.25, 0.3) is 0 Å². The normalized spacial score (nSPS) is 14.6. The summed E-state index contributed by atoms with van der Waals surface area (Å²) >= 11 is 1.65. The average Bonchev–Trinajstić information content (AvgIpc) is 2.97. The fourth-order valence-corrected chi connectivity index (χ4v) is 3.35. The van der Waals surface area contributed by atoms with Gasteiger partial charge in [-0.3, -0.25) is 11.3 Å². The summed E-state index contributed by atoms with van der Waals surface area (Å²) in [6, 6.07) is 12.8. The maximum absolute atomic E-state index is 12.9. The number of rotatable bonds is 5. The summed E-state index contributed by atoms with van der Waals surface area (Å²) in [6.45, 7) is 0.754. The van der Waals surface area contributed by atoms with Gasteiger partial charge in [-0.1, -0.05) is 12.1 Å². The lowest BCUT2D eigenvalue weighted by Gasteiger charge is -2.17. The van der Waals surface area contributed by atoms with Crippen LogP contribution in [0.1, 0.15) is 17.2 Å². The van der Waals surface area contributed by atoms with Crippen LogP contribution in [0, 0.1) is 5.82 Å². The number of hydrogen-bond donors (Lipinski definition) is 2. The molecule has 1 heterocycles. The van der Waals surface area contributed by atoms with Crippen molar-refractivity contribution < 1.29 is 9.13 Å². The van der Waals surface area contributed by atoms with Crippen molar-refractivity contribution >= 4 is 11.8 Å². The van der Waals surface area contributed by atoms with Crippen molar-refractivity contribution in [3.8, 4) is 5.75 Å². The van der Waals surface area contributed by atoms with Gasteiger partial charge in [0.05, 0.1) is 12.6 Å². The first-order chi connectivity index (χ1) is 10.3. The van der Waals surface area contributed by atoms with Crippen LogP contribution in [0.3, 0.4) is 0 Å². The zero-order valence-electron chi connectivity index (χ0n) is 11.5.